The molecule has 2 heterocycles. The van der Waals surface area contributed by atoms with Crippen LogP contribution in [0.2, 0.25) is 0 Å². The summed E-state index contributed by atoms with van der Waals surface area (Å²) < 4.78 is 5.52. The lowest BCUT2D eigenvalue weighted by atomic mass is 10.0. The second kappa shape index (κ2) is 6.59. The lowest BCUT2D eigenvalue weighted by Crippen LogP contribution is -2.31. The fourth-order valence-electron chi connectivity index (χ4n) is 2.35. The molecule has 1 aromatic rings. The molecule has 1 N–H and O–H groups in total. The molecule has 18 heavy (non-hydrogen) atoms. The van der Waals surface area contributed by atoms with Crippen molar-refractivity contribution in [2.45, 2.75) is 19.8 Å². The fraction of sp³-hybridized carbons (Fsp3) is 0.643. The summed E-state index contributed by atoms with van der Waals surface area (Å²) in [5, 5.41) is 3.24. The molecule has 0 bridgehead atoms. The first-order chi connectivity index (χ1) is 8.79. The summed E-state index contributed by atoms with van der Waals surface area (Å²) in [5.41, 5.74) is 0. The zero-order chi connectivity index (χ0) is 12.8. The van der Waals surface area contributed by atoms with Gasteiger partial charge in [0.05, 0.1) is 6.61 Å². The summed E-state index contributed by atoms with van der Waals surface area (Å²) in [6.07, 6.45) is 2.45. The minimum absolute atomic E-state index is 0.633. The van der Waals surface area contributed by atoms with E-state index in [2.05, 4.69) is 35.2 Å². The molecule has 0 radical (unpaired) electrons. The molecule has 0 aromatic carbocycles. The highest BCUT2D eigenvalue weighted by atomic mass is 16.5. The molecule has 0 amide bonds. The smallest absolute Gasteiger partial charge is 0.130 e. The number of rotatable bonds is 5. The number of hydrogen-bond donors (Lipinski definition) is 1. The van der Waals surface area contributed by atoms with Crippen molar-refractivity contribution in [2.75, 3.05) is 43.6 Å². The molecule has 4 nitrogen and oxygen atoms in total. The maximum absolute atomic E-state index is 5.52. The highest BCUT2D eigenvalue weighted by Gasteiger charge is 2.16. The Morgan fingerprint density at radius 3 is 3.11 bits per heavy atom. The average Bonchev–Trinajstić information content (AvgIpc) is 2.40. The maximum Gasteiger partial charge on any atom is 0.130 e. The van der Waals surface area contributed by atoms with Gasteiger partial charge in [0, 0.05) is 26.7 Å². The van der Waals surface area contributed by atoms with Gasteiger partial charge in [-0.3, -0.25) is 0 Å². The van der Waals surface area contributed by atoms with Gasteiger partial charge in [0.25, 0.3) is 0 Å². The van der Waals surface area contributed by atoms with Crippen molar-refractivity contribution in [3.8, 4) is 0 Å². The van der Waals surface area contributed by atoms with Crippen molar-refractivity contribution in [3.63, 3.8) is 0 Å². The number of aromatic nitrogens is 1. The number of ether oxygens (including phenoxy) is 1. The van der Waals surface area contributed by atoms with Crippen LogP contribution in [-0.4, -0.2) is 38.3 Å². The van der Waals surface area contributed by atoms with Gasteiger partial charge in [-0.15, -0.1) is 0 Å². The molecule has 0 saturated carbocycles. The van der Waals surface area contributed by atoms with Gasteiger partial charge in [-0.05, 0) is 37.8 Å². The Labute approximate surface area is 109 Å². The Bertz CT molecular complexity index is 364. The molecule has 100 valence electrons. The third-order valence-corrected chi connectivity index (χ3v) is 3.27. The molecule has 1 unspecified atom stereocenters. The van der Waals surface area contributed by atoms with Crippen molar-refractivity contribution in [1.82, 2.24) is 4.98 Å². The molecule has 0 aliphatic carbocycles. The van der Waals surface area contributed by atoms with E-state index in [1.54, 1.807) is 0 Å². The molecule has 2 rings (SSSR count). The molecular weight excluding hydrogens is 226 g/mol. The Kier molecular flexibility index (Phi) is 4.81. The van der Waals surface area contributed by atoms with E-state index in [1.165, 1.54) is 12.8 Å². The van der Waals surface area contributed by atoms with Crippen LogP contribution >= 0.6 is 0 Å². The van der Waals surface area contributed by atoms with E-state index in [9.17, 15) is 0 Å². The first-order valence-electron chi connectivity index (χ1n) is 6.79. The first kappa shape index (κ1) is 13.1. The third-order valence-electron chi connectivity index (χ3n) is 3.27. The van der Waals surface area contributed by atoms with E-state index >= 15 is 0 Å². The van der Waals surface area contributed by atoms with Crippen LogP contribution in [0.25, 0.3) is 0 Å². The van der Waals surface area contributed by atoms with Gasteiger partial charge in [-0.25, -0.2) is 4.98 Å². The fourth-order valence-corrected chi connectivity index (χ4v) is 2.35. The second-order valence-electron chi connectivity index (χ2n) is 4.88. The van der Waals surface area contributed by atoms with Crippen molar-refractivity contribution in [2.24, 2.45) is 5.92 Å². The topological polar surface area (TPSA) is 37.4 Å². The van der Waals surface area contributed by atoms with E-state index in [1.807, 2.05) is 12.1 Å². The van der Waals surface area contributed by atoms with E-state index in [0.29, 0.717) is 5.92 Å². The third kappa shape index (κ3) is 3.60. The predicted octanol–water partition coefficient (Wildman–Crippen LogP) is 2.38. The summed E-state index contributed by atoms with van der Waals surface area (Å²) >= 11 is 0. The van der Waals surface area contributed by atoms with Gasteiger partial charge in [0.2, 0.25) is 0 Å². The van der Waals surface area contributed by atoms with Gasteiger partial charge in [0.1, 0.15) is 11.6 Å². The van der Waals surface area contributed by atoms with Crippen LogP contribution in [0.3, 0.4) is 0 Å². The Morgan fingerprint density at radius 1 is 1.50 bits per heavy atom. The van der Waals surface area contributed by atoms with Crippen molar-refractivity contribution in [3.05, 3.63) is 18.2 Å². The SMILES string of the molecule is CCNc1cccc(N(C)CC2CCCOC2)n1. The van der Waals surface area contributed by atoms with Gasteiger partial charge in [-0.1, -0.05) is 6.07 Å². The van der Waals surface area contributed by atoms with Gasteiger partial charge < -0.3 is 15.0 Å². The molecule has 1 aliphatic rings. The quantitative estimate of drug-likeness (QED) is 0.869. The standard InChI is InChI=1S/C14H23N3O/c1-3-15-13-7-4-8-14(16-13)17(2)10-12-6-5-9-18-11-12/h4,7-8,12H,3,5-6,9-11H2,1-2H3,(H,15,16). The summed E-state index contributed by atoms with van der Waals surface area (Å²) in [6, 6.07) is 6.11. The Hall–Kier alpha value is -1.29. The monoisotopic (exact) mass is 249 g/mol. The largest absolute Gasteiger partial charge is 0.381 e. The van der Waals surface area contributed by atoms with E-state index < -0.39 is 0 Å². The minimum atomic E-state index is 0.633. The summed E-state index contributed by atoms with van der Waals surface area (Å²) in [7, 11) is 2.10. The summed E-state index contributed by atoms with van der Waals surface area (Å²) in [4.78, 5) is 6.82. The molecule has 0 spiro atoms. The zero-order valence-corrected chi connectivity index (χ0v) is 11.4. The van der Waals surface area contributed by atoms with Crippen LogP contribution in [0.5, 0.6) is 0 Å². The molecule has 1 fully saturated rings. The summed E-state index contributed by atoms with van der Waals surface area (Å²) in [5.74, 6) is 2.61. The number of hydrogen-bond acceptors (Lipinski definition) is 4. The van der Waals surface area contributed by atoms with Crippen LogP contribution in [0.1, 0.15) is 19.8 Å². The molecule has 1 atom stereocenters. The maximum atomic E-state index is 5.52. The normalized spacial score (nSPS) is 19.6. The van der Waals surface area contributed by atoms with Crippen LogP contribution < -0.4 is 10.2 Å². The molecule has 1 aliphatic heterocycles. The van der Waals surface area contributed by atoms with Crippen LogP contribution in [0, 0.1) is 5.92 Å². The highest BCUT2D eigenvalue weighted by molar-refractivity contribution is 5.46. The minimum Gasteiger partial charge on any atom is -0.381 e. The molecule has 1 aromatic heterocycles. The lowest BCUT2D eigenvalue weighted by Gasteiger charge is -2.27. The van der Waals surface area contributed by atoms with Gasteiger partial charge >= 0.3 is 0 Å². The number of nitrogens with zero attached hydrogens (tertiary/aromatic N) is 2. The van der Waals surface area contributed by atoms with Crippen LogP contribution in [-0.2, 0) is 4.74 Å². The van der Waals surface area contributed by atoms with E-state index in [-0.39, 0.29) is 0 Å². The number of anilines is 2. The Balaban J connectivity index is 1.94. The number of pyridine rings is 1. The summed E-state index contributed by atoms with van der Waals surface area (Å²) in [6.45, 7) is 5.81. The lowest BCUT2D eigenvalue weighted by molar-refractivity contribution is 0.0576. The van der Waals surface area contributed by atoms with Gasteiger partial charge in [-0.2, -0.15) is 0 Å². The molecular formula is C14H23N3O. The predicted molar refractivity (Wildman–Crippen MR) is 75.2 cm³/mol. The van der Waals surface area contributed by atoms with E-state index in [4.69, 9.17) is 4.74 Å². The van der Waals surface area contributed by atoms with Crippen LogP contribution in [0.4, 0.5) is 11.6 Å². The van der Waals surface area contributed by atoms with Crippen molar-refractivity contribution >= 4 is 11.6 Å². The van der Waals surface area contributed by atoms with Crippen molar-refractivity contribution in [1.29, 1.82) is 0 Å². The average molecular weight is 249 g/mol. The number of nitrogens with one attached hydrogen (secondary N) is 1. The first-order valence-corrected chi connectivity index (χ1v) is 6.79. The van der Waals surface area contributed by atoms with Crippen molar-refractivity contribution < 1.29 is 4.74 Å². The second-order valence-corrected chi connectivity index (χ2v) is 4.88. The van der Waals surface area contributed by atoms with Crippen LogP contribution in [0.15, 0.2) is 18.2 Å². The van der Waals surface area contributed by atoms with E-state index in [0.717, 1.165) is 37.9 Å². The van der Waals surface area contributed by atoms with Gasteiger partial charge in [0.15, 0.2) is 0 Å². The molecule has 4 heteroatoms. The highest BCUT2D eigenvalue weighted by Crippen LogP contribution is 2.18. The molecule has 1 saturated heterocycles. The zero-order valence-electron chi connectivity index (χ0n) is 11.4. The Morgan fingerprint density at radius 2 is 2.39 bits per heavy atom.